The smallest absolute Gasteiger partial charge is 0.224 e. The van der Waals surface area contributed by atoms with E-state index < -0.39 is 0 Å². The number of nitrogens with one attached hydrogen (secondary N) is 1. The molecule has 4 heteroatoms. The van der Waals surface area contributed by atoms with Crippen LogP contribution >= 0.6 is 0 Å². The van der Waals surface area contributed by atoms with Crippen LogP contribution in [0.1, 0.15) is 19.8 Å². The number of likely N-dealkylation sites (N-methyl/N-ethyl adjacent to an activating group) is 1. The minimum Gasteiger partial charge on any atom is -0.344 e. The molecular weight excluding hydrogens is 166 g/mol. The maximum absolute atomic E-state index is 11.1. The van der Waals surface area contributed by atoms with Crippen LogP contribution in [0.25, 0.3) is 0 Å². The normalized spacial score (nSPS) is 24.5. The molecule has 0 aliphatic carbocycles. The van der Waals surface area contributed by atoms with E-state index in [9.17, 15) is 4.79 Å². The summed E-state index contributed by atoms with van der Waals surface area (Å²) in [6.45, 7) is 2.72. The van der Waals surface area contributed by atoms with Crippen molar-refractivity contribution in [3.63, 3.8) is 0 Å². The standard InChI is InChI=1S/C9H15N3O/c1-7(3-4-10)11-8-5-9(13)12(2)6-8/h7-8,11H,3,5-6H2,1-2H3. The van der Waals surface area contributed by atoms with E-state index in [1.54, 1.807) is 11.9 Å². The van der Waals surface area contributed by atoms with Crippen LogP contribution in [0.5, 0.6) is 0 Å². The highest BCUT2D eigenvalue weighted by atomic mass is 16.2. The van der Waals surface area contributed by atoms with Gasteiger partial charge in [-0.05, 0) is 6.92 Å². The number of hydrogen-bond acceptors (Lipinski definition) is 3. The fraction of sp³-hybridized carbons (Fsp3) is 0.778. The Labute approximate surface area is 78.5 Å². The summed E-state index contributed by atoms with van der Waals surface area (Å²) < 4.78 is 0. The number of hydrogen-bond donors (Lipinski definition) is 1. The van der Waals surface area contributed by atoms with E-state index in [0.717, 1.165) is 6.54 Å². The van der Waals surface area contributed by atoms with Gasteiger partial charge >= 0.3 is 0 Å². The SMILES string of the molecule is CC(CC#N)NC1CC(=O)N(C)C1. The van der Waals surface area contributed by atoms with Gasteiger partial charge in [0.1, 0.15) is 0 Å². The van der Waals surface area contributed by atoms with Crippen LogP contribution in [-0.4, -0.2) is 36.5 Å². The van der Waals surface area contributed by atoms with Crippen LogP contribution in [0.15, 0.2) is 0 Å². The van der Waals surface area contributed by atoms with Gasteiger partial charge in [-0.3, -0.25) is 4.79 Å². The fourth-order valence-corrected chi connectivity index (χ4v) is 1.57. The lowest BCUT2D eigenvalue weighted by molar-refractivity contribution is -0.126. The number of amides is 1. The van der Waals surface area contributed by atoms with E-state index in [0.29, 0.717) is 12.8 Å². The molecule has 2 unspecified atom stereocenters. The Kier molecular flexibility index (Phi) is 3.26. The lowest BCUT2D eigenvalue weighted by Crippen LogP contribution is -2.37. The van der Waals surface area contributed by atoms with Gasteiger partial charge in [0.2, 0.25) is 5.91 Å². The molecule has 1 aliphatic heterocycles. The van der Waals surface area contributed by atoms with E-state index in [1.165, 1.54) is 0 Å². The number of nitrogens with zero attached hydrogens (tertiary/aromatic N) is 2. The predicted octanol–water partition coefficient (Wildman–Crippen LogP) is 0.109. The van der Waals surface area contributed by atoms with Crippen molar-refractivity contribution >= 4 is 5.91 Å². The van der Waals surface area contributed by atoms with E-state index in [1.807, 2.05) is 6.92 Å². The maximum atomic E-state index is 11.1. The molecule has 0 bridgehead atoms. The largest absolute Gasteiger partial charge is 0.344 e. The topological polar surface area (TPSA) is 56.1 Å². The molecule has 4 nitrogen and oxygen atoms in total. The Hall–Kier alpha value is -1.08. The highest BCUT2D eigenvalue weighted by Gasteiger charge is 2.27. The molecule has 1 amide bonds. The monoisotopic (exact) mass is 181 g/mol. The molecule has 13 heavy (non-hydrogen) atoms. The molecule has 0 aromatic rings. The van der Waals surface area contributed by atoms with Crippen molar-refractivity contribution in [3.05, 3.63) is 0 Å². The number of carbonyl (C=O) groups is 1. The second-order valence-electron chi connectivity index (χ2n) is 3.61. The van der Waals surface area contributed by atoms with Crippen molar-refractivity contribution in [2.24, 2.45) is 0 Å². The quantitative estimate of drug-likeness (QED) is 0.672. The average molecular weight is 181 g/mol. The molecule has 1 rings (SSSR count). The third-order valence-electron chi connectivity index (χ3n) is 2.26. The summed E-state index contributed by atoms with van der Waals surface area (Å²) in [7, 11) is 1.80. The van der Waals surface area contributed by atoms with Crippen molar-refractivity contribution in [1.29, 1.82) is 5.26 Å². The number of rotatable bonds is 3. The molecule has 0 radical (unpaired) electrons. The molecule has 0 spiro atoms. The minimum absolute atomic E-state index is 0.175. The van der Waals surface area contributed by atoms with Crippen molar-refractivity contribution in [3.8, 4) is 6.07 Å². The van der Waals surface area contributed by atoms with Gasteiger partial charge in [-0.1, -0.05) is 0 Å². The predicted molar refractivity (Wildman–Crippen MR) is 48.9 cm³/mol. The van der Waals surface area contributed by atoms with Crippen LogP contribution in [0.2, 0.25) is 0 Å². The lowest BCUT2D eigenvalue weighted by atomic mass is 10.2. The molecule has 0 aromatic carbocycles. The first kappa shape index (κ1) is 10.0. The van der Waals surface area contributed by atoms with Gasteiger partial charge in [0.05, 0.1) is 12.5 Å². The number of likely N-dealkylation sites (tertiary alicyclic amines) is 1. The van der Waals surface area contributed by atoms with Gasteiger partial charge in [-0.2, -0.15) is 5.26 Å². The van der Waals surface area contributed by atoms with Crippen molar-refractivity contribution < 1.29 is 4.79 Å². The van der Waals surface area contributed by atoms with Crippen LogP contribution < -0.4 is 5.32 Å². The van der Waals surface area contributed by atoms with E-state index in [2.05, 4.69) is 11.4 Å². The van der Waals surface area contributed by atoms with Crippen molar-refractivity contribution in [1.82, 2.24) is 10.2 Å². The molecule has 1 saturated heterocycles. The number of nitriles is 1. The maximum Gasteiger partial charge on any atom is 0.224 e. The Balaban J connectivity index is 2.32. The molecule has 1 heterocycles. The fourth-order valence-electron chi connectivity index (χ4n) is 1.57. The summed E-state index contributed by atoms with van der Waals surface area (Å²) in [6, 6.07) is 2.50. The van der Waals surface area contributed by atoms with Gasteiger partial charge in [0.25, 0.3) is 0 Å². The molecule has 72 valence electrons. The van der Waals surface area contributed by atoms with Crippen molar-refractivity contribution in [2.45, 2.75) is 31.8 Å². The lowest BCUT2D eigenvalue weighted by Gasteiger charge is -2.16. The Morgan fingerprint density at radius 1 is 1.85 bits per heavy atom. The van der Waals surface area contributed by atoms with Crippen LogP contribution in [-0.2, 0) is 4.79 Å². The van der Waals surface area contributed by atoms with E-state index in [-0.39, 0.29) is 18.0 Å². The third kappa shape index (κ3) is 2.71. The first-order valence-electron chi connectivity index (χ1n) is 4.50. The summed E-state index contributed by atoms with van der Waals surface area (Å²) >= 11 is 0. The first-order valence-corrected chi connectivity index (χ1v) is 4.50. The molecular formula is C9H15N3O. The molecule has 1 fully saturated rings. The summed E-state index contributed by atoms with van der Waals surface area (Å²) in [4.78, 5) is 12.9. The van der Waals surface area contributed by atoms with Crippen LogP contribution in [0.3, 0.4) is 0 Å². The Bertz CT molecular complexity index is 234. The van der Waals surface area contributed by atoms with Gasteiger partial charge in [0, 0.05) is 32.1 Å². The molecule has 1 N–H and O–H groups in total. The minimum atomic E-state index is 0.175. The Morgan fingerprint density at radius 3 is 3.00 bits per heavy atom. The zero-order chi connectivity index (χ0) is 9.84. The molecule has 1 aliphatic rings. The second-order valence-corrected chi connectivity index (χ2v) is 3.61. The molecule has 0 saturated carbocycles. The molecule has 2 atom stereocenters. The summed E-state index contributed by atoms with van der Waals surface area (Å²) in [5.74, 6) is 0.182. The van der Waals surface area contributed by atoms with Crippen LogP contribution in [0.4, 0.5) is 0 Å². The first-order chi connectivity index (χ1) is 6.13. The summed E-state index contributed by atoms with van der Waals surface area (Å²) in [6.07, 6.45) is 1.06. The Morgan fingerprint density at radius 2 is 2.54 bits per heavy atom. The van der Waals surface area contributed by atoms with Gasteiger partial charge in [-0.15, -0.1) is 0 Å². The van der Waals surface area contributed by atoms with E-state index >= 15 is 0 Å². The highest BCUT2D eigenvalue weighted by molar-refractivity contribution is 5.78. The van der Waals surface area contributed by atoms with Gasteiger partial charge in [0.15, 0.2) is 0 Å². The zero-order valence-corrected chi connectivity index (χ0v) is 8.08. The second kappa shape index (κ2) is 4.24. The van der Waals surface area contributed by atoms with E-state index in [4.69, 9.17) is 5.26 Å². The zero-order valence-electron chi connectivity index (χ0n) is 8.08. The summed E-state index contributed by atoms with van der Waals surface area (Å²) in [5, 5.41) is 11.7. The van der Waals surface area contributed by atoms with Crippen molar-refractivity contribution in [2.75, 3.05) is 13.6 Å². The summed E-state index contributed by atoms with van der Waals surface area (Å²) in [5.41, 5.74) is 0. The third-order valence-corrected chi connectivity index (χ3v) is 2.26. The van der Waals surface area contributed by atoms with Gasteiger partial charge in [-0.25, -0.2) is 0 Å². The number of carbonyl (C=O) groups excluding carboxylic acids is 1. The van der Waals surface area contributed by atoms with Crippen LogP contribution in [0, 0.1) is 11.3 Å². The van der Waals surface area contributed by atoms with Gasteiger partial charge < -0.3 is 10.2 Å². The molecule has 0 aromatic heterocycles. The average Bonchev–Trinajstić information content (AvgIpc) is 2.31. The highest BCUT2D eigenvalue weighted by Crippen LogP contribution is 2.09.